The number of hydrogen-bond acceptors (Lipinski definition) is 3. The summed E-state index contributed by atoms with van der Waals surface area (Å²) in [5, 5.41) is 0. The predicted molar refractivity (Wildman–Crippen MR) is 104 cm³/mol. The lowest BCUT2D eigenvalue weighted by Crippen LogP contribution is -2.50. The number of hydrogen-bond donors (Lipinski definition) is 0. The highest BCUT2D eigenvalue weighted by Crippen LogP contribution is 2.32. The molecule has 0 bridgehead atoms. The highest BCUT2D eigenvalue weighted by molar-refractivity contribution is 7.91. The number of benzene rings is 1. The summed E-state index contributed by atoms with van der Waals surface area (Å²) in [7, 11) is -3.61. The topological polar surface area (TPSA) is 53.0 Å². The number of para-hydroxylation sites is 1. The highest BCUT2D eigenvalue weighted by atomic mass is 32.2. The molecular formula is C19H29N3O2S. The van der Waals surface area contributed by atoms with Gasteiger partial charge in [-0.05, 0) is 44.6 Å². The molecule has 1 fully saturated rings. The van der Waals surface area contributed by atoms with Gasteiger partial charge < -0.3 is 4.90 Å². The molecule has 0 amide bonds. The lowest BCUT2D eigenvalue weighted by atomic mass is 9.99. The van der Waals surface area contributed by atoms with Gasteiger partial charge in [0.15, 0.2) is 0 Å². The Morgan fingerprint density at radius 3 is 2.48 bits per heavy atom. The van der Waals surface area contributed by atoms with Crippen molar-refractivity contribution in [2.24, 2.45) is 10.3 Å². The third kappa shape index (κ3) is 4.06. The van der Waals surface area contributed by atoms with Crippen LogP contribution >= 0.6 is 0 Å². The van der Waals surface area contributed by atoms with Crippen molar-refractivity contribution < 1.29 is 8.42 Å². The van der Waals surface area contributed by atoms with Crippen LogP contribution in [0.1, 0.15) is 52.0 Å². The zero-order valence-electron chi connectivity index (χ0n) is 15.4. The van der Waals surface area contributed by atoms with Crippen LogP contribution in [0.25, 0.3) is 0 Å². The molecule has 0 aliphatic carbocycles. The third-order valence-electron chi connectivity index (χ3n) is 5.36. The minimum Gasteiger partial charge on any atom is -0.301 e. The van der Waals surface area contributed by atoms with Crippen LogP contribution in [0.4, 0.5) is 5.69 Å². The fraction of sp³-hybridized carbons (Fsp3) is 0.632. The molecule has 0 aromatic heterocycles. The maximum absolute atomic E-state index is 12.6. The van der Waals surface area contributed by atoms with Gasteiger partial charge in [0.05, 0.1) is 11.9 Å². The molecule has 0 spiro atoms. The summed E-state index contributed by atoms with van der Waals surface area (Å²) in [6.45, 7) is 8.71. The molecule has 1 atom stereocenters. The van der Waals surface area contributed by atoms with Gasteiger partial charge in [0, 0.05) is 30.7 Å². The van der Waals surface area contributed by atoms with Crippen LogP contribution < -0.4 is 4.31 Å². The molecular weight excluding hydrogens is 334 g/mol. The third-order valence-corrected chi connectivity index (χ3v) is 6.73. The average Bonchev–Trinajstić information content (AvgIpc) is 2.59. The molecule has 2 aliphatic heterocycles. The van der Waals surface area contributed by atoms with E-state index in [0.29, 0.717) is 6.04 Å². The molecule has 1 saturated heterocycles. The molecule has 2 heterocycles. The SMILES string of the molecule is CC(C)CCC(C)N1CCC(N2c3ccccc3C=NS2(=O)=O)CC1. The zero-order valence-corrected chi connectivity index (χ0v) is 16.2. The number of fused-ring (bicyclic) bond motifs is 1. The minimum atomic E-state index is -3.61. The van der Waals surface area contributed by atoms with Crippen LogP contribution in [0.2, 0.25) is 0 Å². The summed E-state index contributed by atoms with van der Waals surface area (Å²) >= 11 is 0. The molecule has 0 radical (unpaired) electrons. The van der Waals surface area contributed by atoms with E-state index >= 15 is 0 Å². The Bertz CT molecular complexity index is 722. The van der Waals surface area contributed by atoms with Gasteiger partial charge in [0.1, 0.15) is 0 Å². The molecule has 2 aliphatic rings. The van der Waals surface area contributed by atoms with Crippen LogP contribution in [0, 0.1) is 5.92 Å². The van der Waals surface area contributed by atoms with Gasteiger partial charge in [-0.1, -0.05) is 32.0 Å². The largest absolute Gasteiger partial charge is 0.344 e. The van der Waals surface area contributed by atoms with Gasteiger partial charge in [-0.3, -0.25) is 0 Å². The molecule has 0 saturated carbocycles. The van der Waals surface area contributed by atoms with Crippen LogP contribution in [0.5, 0.6) is 0 Å². The van der Waals surface area contributed by atoms with Gasteiger partial charge in [-0.15, -0.1) is 0 Å². The fourth-order valence-electron chi connectivity index (χ4n) is 3.80. The molecule has 138 valence electrons. The molecule has 1 aromatic carbocycles. The first kappa shape index (κ1) is 18.4. The monoisotopic (exact) mass is 363 g/mol. The first-order valence-corrected chi connectivity index (χ1v) is 10.7. The number of anilines is 1. The van der Waals surface area contributed by atoms with Crippen molar-refractivity contribution in [1.82, 2.24) is 4.90 Å². The van der Waals surface area contributed by atoms with Gasteiger partial charge >= 0.3 is 10.2 Å². The van der Waals surface area contributed by atoms with E-state index in [1.54, 1.807) is 4.31 Å². The van der Waals surface area contributed by atoms with E-state index in [2.05, 4.69) is 30.1 Å². The van der Waals surface area contributed by atoms with Crippen molar-refractivity contribution in [3.8, 4) is 0 Å². The van der Waals surface area contributed by atoms with Crippen molar-refractivity contribution >= 4 is 22.1 Å². The molecule has 3 rings (SSSR count). The van der Waals surface area contributed by atoms with Crippen molar-refractivity contribution in [2.45, 2.75) is 58.5 Å². The first-order valence-electron chi connectivity index (χ1n) is 9.31. The van der Waals surface area contributed by atoms with Crippen LogP contribution in [0.15, 0.2) is 28.7 Å². The second-order valence-electron chi connectivity index (χ2n) is 7.65. The highest BCUT2D eigenvalue weighted by Gasteiger charge is 2.36. The fourth-order valence-corrected chi connectivity index (χ4v) is 5.15. The molecule has 0 N–H and O–H groups in total. The van der Waals surface area contributed by atoms with Crippen molar-refractivity contribution in [1.29, 1.82) is 0 Å². The van der Waals surface area contributed by atoms with E-state index in [4.69, 9.17) is 0 Å². The van der Waals surface area contributed by atoms with Crippen molar-refractivity contribution in [2.75, 3.05) is 17.4 Å². The summed E-state index contributed by atoms with van der Waals surface area (Å²) in [5.74, 6) is 0.729. The summed E-state index contributed by atoms with van der Waals surface area (Å²) in [6.07, 6.45) is 5.62. The Hall–Kier alpha value is -1.40. The molecule has 5 nitrogen and oxygen atoms in total. The molecule has 6 heteroatoms. The first-order chi connectivity index (χ1) is 11.9. The van der Waals surface area contributed by atoms with Gasteiger partial charge in [-0.25, -0.2) is 4.31 Å². The zero-order chi connectivity index (χ0) is 18.0. The van der Waals surface area contributed by atoms with Gasteiger partial charge in [0.2, 0.25) is 0 Å². The predicted octanol–water partition coefficient (Wildman–Crippen LogP) is 3.46. The van der Waals surface area contributed by atoms with E-state index in [1.165, 1.54) is 19.1 Å². The Balaban J connectivity index is 1.69. The quantitative estimate of drug-likeness (QED) is 0.805. The summed E-state index contributed by atoms with van der Waals surface area (Å²) < 4.78 is 30.5. The van der Waals surface area contributed by atoms with Gasteiger partial charge in [0.25, 0.3) is 0 Å². The Kier molecular flexibility index (Phi) is 5.49. The van der Waals surface area contributed by atoms with E-state index < -0.39 is 10.2 Å². The number of nitrogens with zero attached hydrogens (tertiary/aromatic N) is 3. The Morgan fingerprint density at radius 2 is 1.80 bits per heavy atom. The Labute approximate surface area is 151 Å². The Morgan fingerprint density at radius 1 is 1.12 bits per heavy atom. The smallest absolute Gasteiger partial charge is 0.301 e. The maximum atomic E-state index is 12.6. The van der Waals surface area contributed by atoms with E-state index in [-0.39, 0.29) is 6.04 Å². The average molecular weight is 364 g/mol. The number of piperidine rings is 1. The molecule has 1 unspecified atom stereocenters. The number of likely N-dealkylation sites (tertiary alicyclic amines) is 1. The van der Waals surface area contributed by atoms with E-state index in [9.17, 15) is 8.42 Å². The standard InChI is InChI=1S/C19H29N3O2S/c1-15(2)8-9-16(3)21-12-10-18(11-13-21)22-19-7-5-4-6-17(19)14-20-25(22,23)24/h4-7,14-16,18H,8-13H2,1-3H3. The normalized spacial score (nSPS) is 22.2. The molecule has 1 aromatic rings. The van der Waals surface area contributed by atoms with Crippen molar-refractivity contribution in [3.63, 3.8) is 0 Å². The second kappa shape index (κ2) is 7.46. The van der Waals surface area contributed by atoms with Crippen LogP contribution in [-0.2, 0) is 10.2 Å². The maximum Gasteiger partial charge on any atom is 0.344 e. The minimum absolute atomic E-state index is 0.00264. The van der Waals surface area contributed by atoms with E-state index in [1.807, 2.05) is 24.3 Å². The van der Waals surface area contributed by atoms with Crippen LogP contribution in [-0.4, -0.2) is 44.7 Å². The number of rotatable bonds is 5. The summed E-state index contributed by atoms with van der Waals surface area (Å²) in [4.78, 5) is 2.50. The van der Waals surface area contributed by atoms with Crippen molar-refractivity contribution in [3.05, 3.63) is 29.8 Å². The van der Waals surface area contributed by atoms with Gasteiger partial charge in [-0.2, -0.15) is 12.8 Å². The van der Waals surface area contributed by atoms with Crippen LogP contribution in [0.3, 0.4) is 0 Å². The lowest BCUT2D eigenvalue weighted by Gasteiger charge is -2.41. The van der Waals surface area contributed by atoms with E-state index in [0.717, 1.165) is 43.1 Å². The lowest BCUT2D eigenvalue weighted by molar-refractivity contribution is 0.152. The summed E-state index contributed by atoms with van der Waals surface area (Å²) in [5.41, 5.74) is 1.65. The second-order valence-corrected chi connectivity index (χ2v) is 9.15. The summed E-state index contributed by atoms with van der Waals surface area (Å²) in [6, 6.07) is 8.17. The molecule has 25 heavy (non-hydrogen) atoms.